The fraction of sp³-hybridized carbons (Fsp3) is 0.429. The van der Waals surface area contributed by atoms with E-state index in [-0.39, 0.29) is 5.92 Å². The van der Waals surface area contributed by atoms with Crippen molar-refractivity contribution in [2.24, 2.45) is 11.8 Å². The summed E-state index contributed by atoms with van der Waals surface area (Å²) in [6.07, 6.45) is 0. The second kappa shape index (κ2) is 5.03. The normalized spacial score (nSPS) is 19.6. The van der Waals surface area contributed by atoms with Gasteiger partial charge in [-0.1, -0.05) is 13.8 Å². The number of nitrogens with zero attached hydrogens (tertiary/aromatic N) is 2. The molecule has 1 aliphatic rings. The summed E-state index contributed by atoms with van der Waals surface area (Å²) in [5.41, 5.74) is 1.79. The van der Waals surface area contributed by atoms with Crippen LogP contribution in [0.4, 0.5) is 10.5 Å². The van der Waals surface area contributed by atoms with E-state index in [0.717, 1.165) is 10.6 Å². The van der Waals surface area contributed by atoms with Crippen LogP contribution in [-0.2, 0) is 9.59 Å². The smallest absolute Gasteiger partial charge is 0.277 e. The molecule has 4 amide bonds. The van der Waals surface area contributed by atoms with Crippen molar-refractivity contribution in [3.8, 4) is 0 Å². The number of urea groups is 1. The first-order valence-electron chi connectivity index (χ1n) is 6.46. The summed E-state index contributed by atoms with van der Waals surface area (Å²) in [4.78, 5) is 41.4. The lowest BCUT2D eigenvalue weighted by Crippen LogP contribution is -2.59. The first-order valence-corrected chi connectivity index (χ1v) is 6.46. The predicted molar refractivity (Wildman–Crippen MR) is 73.1 cm³/mol. The molecule has 1 saturated heterocycles. The lowest BCUT2D eigenvalue weighted by atomic mass is 9.91. The molecule has 6 heteroatoms. The van der Waals surface area contributed by atoms with Gasteiger partial charge >= 0.3 is 6.03 Å². The van der Waals surface area contributed by atoms with E-state index in [1.54, 1.807) is 32.9 Å². The molecule has 0 aliphatic carbocycles. The van der Waals surface area contributed by atoms with Crippen molar-refractivity contribution in [2.75, 3.05) is 4.90 Å². The highest BCUT2D eigenvalue weighted by molar-refractivity contribution is 6.27. The molecule has 1 N–H and O–H groups in total. The molecule has 0 bridgehead atoms. The highest BCUT2D eigenvalue weighted by Crippen LogP contribution is 2.26. The molecular formula is C14H17N3O3. The van der Waals surface area contributed by atoms with E-state index in [1.165, 1.54) is 0 Å². The van der Waals surface area contributed by atoms with Gasteiger partial charge in [0.15, 0.2) is 0 Å². The lowest BCUT2D eigenvalue weighted by molar-refractivity contribution is -0.136. The monoisotopic (exact) mass is 275 g/mol. The number of nitrogens with one attached hydrogen (secondary N) is 1. The number of barbiturate groups is 1. The zero-order valence-electron chi connectivity index (χ0n) is 11.9. The maximum atomic E-state index is 12.4. The molecule has 2 heterocycles. The summed E-state index contributed by atoms with van der Waals surface area (Å²) >= 11 is 0. The molecule has 20 heavy (non-hydrogen) atoms. The maximum absolute atomic E-state index is 12.4. The number of carbonyl (C=O) groups is 3. The third kappa shape index (κ3) is 2.29. The first kappa shape index (κ1) is 14.2. The maximum Gasteiger partial charge on any atom is 0.335 e. The first-order chi connectivity index (χ1) is 9.32. The number of aryl methyl sites for hydroxylation is 2. The van der Waals surface area contributed by atoms with Gasteiger partial charge in [-0.2, -0.15) is 0 Å². The fourth-order valence-electron chi connectivity index (χ4n) is 2.32. The van der Waals surface area contributed by atoms with Gasteiger partial charge in [0.1, 0.15) is 5.92 Å². The van der Waals surface area contributed by atoms with Crippen LogP contribution in [0, 0.1) is 25.7 Å². The molecule has 1 fully saturated rings. The van der Waals surface area contributed by atoms with Crippen LogP contribution in [0.2, 0.25) is 0 Å². The Morgan fingerprint density at radius 1 is 1.20 bits per heavy atom. The van der Waals surface area contributed by atoms with E-state index >= 15 is 0 Å². The van der Waals surface area contributed by atoms with Crippen LogP contribution in [0.5, 0.6) is 0 Å². The minimum Gasteiger partial charge on any atom is -0.277 e. The second-order valence-electron chi connectivity index (χ2n) is 5.25. The number of pyridine rings is 1. The molecule has 0 radical (unpaired) electrons. The fourth-order valence-corrected chi connectivity index (χ4v) is 2.32. The van der Waals surface area contributed by atoms with E-state index in [2.05, 4.69) is 10.3 Å². The van der Waals surface area contributed by atoms with Gasteiger partial charge in [0.2, 0.25) is 11.8 Å². The van der Waals surface area contributed by atoms with E-state index < -0.39 is 23.8 Å². The molecule has 1 unspecified atom stereocenters. The molecule has 1 atom stereocenters. The Labute approximate surface area is 117 Å². The van der Waals surface area contributed by atoms with Crippen molar-refractivity contribution in [3.05, 3.63) is 23.5 Å². The van der Waals surface area contributed by atoms with Crippen LogP contribution in [0.15, 0.2) is 12.1 Å². The van der Waals surface area contributed by atoms with Crippen molar-refractivity contribution in [3.63, 3.8) is 0 Å². The van der Waals surface area contributed by atoms with Gasteiger partial charge in [-0.15, -0.1) is 0 Å². The third-order valence-corrected chi connectivity index (χ3v) is 3.31. The Bertz CT molecular complexity index is 595. The zero-order chi connectivity index (χ0) is 15.0. The number of rotatable bonds is 2. The SMILES string of the molecule is Cc1ccc(N2C(=O)NC(=O)C(C(C)C)C2=O)c(C)n1. The number of imide groups is 2. The third-order valence-electron chi connectivity index (χ3n) is 3.31. The van der Waals surface area contributed by atoms with E-state index in [0.29, 0.717) is 11.4 Å². The van der Waals surface area contributed by atoms with Gasteiger partial charge in [0.05, 0.1) is 11.4 Å². The average Bonchev–Trinajstić information content (AvgIpc) is 2.30. The van der Waals surface area contributed by atoms with Gasteiger partial charge in [0, 0.05) is 5.69 Å². The number of hydrogen-bond donors (Lipinski definition) is 1. The topological polar surface area (TPSA) is 79.4 Å². The highest BCUT2D eigenvalue weighted by Gasteiger charge is 2.43. The molecule has 106 valence electrons. The Balaban J connectivity index is 2.46. The standard InChI is InChI=1S/C14H17N3O3/c1-7(2)11-12(18)16-14(20)17(13(11)19)10-6-5-8(3)15-9(10)4/h5-7,11H,1-4H3,(H,16,18,20). The van der Waals surface area contributed by atoms with Crippen LogP contribution < -0.4 is 10.2 Å². The molecular weight excluding hydrogens is 258 g/mol. The Morgan fingerprint density at radius 2 is 1.85 bits per heavy atom. The van der Waals surface area contributed by atoms with E-state index in [4.69, 9.17) is 0 Å². The van der Waals surface area contributed by atoms with Crippen LogP contribution in [-0.4, -0.2) is 22.8 Å². The summed E-state index contributed by atoms with van der Waals surface area (Å²) in [5, 5.41) is 2.23. The van der Waals surface area contributed by atoms with Crippen LogP contribution in [0.25, 0.3) is 0 Å². The molecule has 1 aromatic rings. The van der Waals surface area contributed by atoms with E-state index in [9.17, 15) is 14.4 Å². The Morgan fingerprint density at radius 3 is 2.40 bits per heavy atom. The van der Waals surface area contributed by atoms with Gasteiger partial charge in [-0.25, -0.2) is 9.69 Å². The number of aromatic nitrogens is 1. The summed E-state index contributed by atoms with van der Waals surface area (Å²) in [7, 11) is 0. The Kier molecular flexibility index (Phi) is 3.57. The van der Waals surface area contributed by atoms with Crippen molar-refractivity contribution in [2.45, 2.75) is 27.7 Å². The summed E-state index contributed by atoms with van der Waals surface area (Å²) < 4.78 is 0. The molecule has 6 nitrogen and oxygen atoms in total. The van der Waals surface area contributed by atoms with Gasteiger partial charge in [-0.3, -0.25) is 19.9 Å². The summed E-state index contributed by atoms with van der Waals surface area (Å²) in [5.74, 6) is -2.07. The van der Waals surface area contributed by atoms with Crippen LogP contribution in [0.1, 0.15) is 25.2 Å². The van der Waals surface area contributed by atoms with Gasteiger partial charge in [0.25, 0.3) is 0 Å². The molecule has 0 saturated carbocycles. The van der Waals surface area contributed by atoms with Gasteiger partial charge in [-0.05, 0) is 31.9 Å². The molecule has 0 spiro atoms. The van der Waals surface area contributed by atoms with Crippen molar-refractivity contribution in [1.29, 1.82) is 0 Å². The molecule has 2 rings (SSSR count). The summed E-state index contributed by atoms with van der Waals surface area (Å²) in [6.45, 7) is 7.10. The highest BCUT2D eigenvalue weighted by atomic mass is 16.2. The average molecular weight is 275 g/mol. The molecule has 1 aliphatic heterocycles. The number of hydrogen-bond acceptors (Lipinski definition) is 4. The second-order valence-corrected chi connectivity index (χ2v) is 5.25. The molecule has 1 aromatic heterocycles. The minimum atomic E-state index is -0.853. The van der Waals surface area contributed by atoms with E-state index in [1.807, 2.05) is 6.92 Å². The van der Waals surface area contributed by atoms with Crippen molar-refractivity contribution in [1.82, 2.24) is 10.3 Å². The molecule has 0 aromatic carbocycles. The lowest BCUT2D eigenvalue weighted by Gasteiger charge is -2.32. The van der Waals surface area contributed by atoms with Crippen LogP contribution in [0.3, 0.4) is 0 Å². The number of carbonyl (C=O) groups excluding carboxylic acids is 3. The quantitative estimate of drug-likeness (QED) is 0.830. The Hall–Kier alpha value is -2.24. The number of amides is 4. The van der Waals surface area contributed by atoms with Crippen molar-refractivity contribution >= 4 is 23.5 Å². The zero-order valence-corrected chi connectivity index (χ0v) is 11.9. The van der Waals surface area contributed by atoms with Gasteiger partial charge < -0.3 is 0 Å². The van der Waals surface area contributed by atoms with Crippen molar-refractivity contribution < 1.29 is 14.4 Å². The largest absolute Gasteiger partial charge is 0.335 e. The van der Waals surface area contributed by atoms with Crippen LogP contribution >= 0.6 is 0 Å². The summed E-state index contributed by atoms with van der Waals surface area (Å²) in [6, 6.07) is 2.68. The predicted octanol–water partition coefficient (Wildman–Crippen LogP) is 1.55. The minimum absolute atomic E-state index is 0.184. The number of anilines is 1.